The summed E-state index contributed by atoms with van der Waals surface area (Å²) >= 11 is 0. The van der Waals surface area contributed by atoms with E-state index in [0.29, 0.717) is 6.61 Å². The molecule has 14 heavy (non-hydrogen) atoms. The van der Waals surface area contributed by atoms with Crippen LogP contribution in [0.25, 0.3) is 0 Å². The number of hydrogen-bond donors (Lipinski definition) is 0. The van der Waals surface area contributed by atoms with Crippen LogP contribution in [0.5, 0.6) is 0 Å². The molecular formula is C8H17BCaO4. The Balaban J connectivity index is 0. The molecule has 0 aromatic heterocycles. The van der Waals surface area contributed by atoms with Crippen molar-refractivity contribution in [1.29, 1.82) is 0 Å². The first kappa shape index (κ1) is 17.6. The minimum absolute atomic E-state index is 0. The summed E-state index contributed by atoms with van der Waals surface area (Å²) < 4.78 is 0. The quantitative estimate of drug-likeness (QED) is 0.242. The second-order valence-electron chi connectivity index (χ2n) is 3.45. The van der Waals surface area contributed by atoms with Crippen LogP contribution in [-0.2, 0) is 9.69 Å². The maximum atomic E-state index is 9.80. The van der Waals surface area contributed by atoms with E-state index in [4.69, 9.17) is 0 Å². The van der Waals surface area contributed by atoms with Crippen LogP contribution in [-0.4, -0.2) is 51.7 Å². The Labute approximate surface area is 116 Å². The summed E-state index contributed by atoms with van der Waals surface area (Å²) in [5.41, 5.74) is 0. The summed E-state index contributed by atoms with van der Waals surface area (Å²) in [6, 6.07) is 0. The Bertz CT molecular complexity index is 102. The van der Waals surface area contributed by atoms with Gasteiger partial charge in [0.2, 0.25) is 0 Å². The van der Waals surface area contributed by atoms with Crippen LogP contribution in [0.2, 0.25) is 0 Å². The molecule has 0 spiro atoms. The van der Waals surface area contributed by atoms with Gasteiger partial charge in [0.05, 0.1) is 6.61 Å². The Morgan fingerprint density at radius 2 is 1.79 bits per heavy atom. The van der Waals surface area contributed by atoms with Gasteiger partial charge in [-0.25, -0.2) is 0 Å². The smallest absolute Gasteiger partial charge is 0.868 e. The van der Waals surface area contributed by atoms with Crippen molar-refractivity contribution in [2.45, 2.75) is 39.5 Å². The van der Waals surface area contributed by atoms with E-state index >= 15 is 0 Å². The second kappa shape index (κ2) is 12.2. The Morgan fingerprint density at radius 1 is 1.14 bits per heavy atom. The summed E-state index contributed by atoms with van der Waals surface area (Å²) in [4.78, 5) is 8.24. The van der Waals surface area contributed by atoms with Crippen LogP contribution < -0.4 is 10.0 Å². The summed E-state index contributed by atoms with van der Waals surface area (Å²) in [6.07, 6.45) is 4.23. The zero-order valence-electron chi connectivity index (χ0n) is 9.03. The summed E-state index contributed by atoms with van der Waals surface area (Å²) in [5.74, 6) is 0.727. The topological polar surface area (TPSA) is 64.6 Å². The molecule has 0 unspecified atom stereocenters. The molecule has 0 aromatic carbocycles. The monoisotopic (exact) mass is 228 g/mol. The Hall–Kier alpha value is 1.16. The van der Waals surface area contributed by atoms with Crippen LogP contribution in [0, 0.1) is 5.92 Å². The van der Waals surface area contributed by atoms with Gasteiger partial charge in [-0.15, -0.1) is 0 Å². The van der Waals surface area contributed by atoms with Crippen molar-refractivity contribution in [2.75, 3.05) is 6.61 Å². The largest absolute Gasteiger partial charge is 2.00 e. The molecule has 4 nitrogen and oxygen atoms in total. The average molecular weight is 228 g/mol. The fourth-order valence-corrected chi connectivity index (χ4v) is 0.994. The van der Waals surface area contributed by atoms with Crippen molar-refractivity contribution in [3.63, 3.8) is 0 Å². The molecular weight excluding hydrogens is 211 g/mol. The van der Waals surface area contributed by atoms with E-state index in [-0.39, 0.29) is 37.7 Å². The van der Waals surface area contributed by atoms with Gasteiger partial charge in [-0.1, -0.05) is 33.1 Å². The van der Waals surface area contributed by atoms with E-state index in [2.05, 4.69) is 23.5 Å². The first-order valence-electron chi connectivity index (χ1n) is 4.73. The molecule has 6 heteroatoms. The van der Waals surface area contributed by atoms with Crippen LogP contribution in [0.3, 0.4) is 0 Å². The average Bonchev–Trinajstić information content (AvgIpc) is 2.01. The van der Waals surface area contributed by atoms with Gasteiger partial charge in [0.1, 0.15) is 7.32 Å². The van der Waals surface area contributed by atoms with E-state index < -0.39 is 7.32 Å². The molecule has 0 saturated heterocycles. The standard InChI is InChI=1S/C8H17BO4.Ca/c1-8(2)6-4-3-5-7-12-13-9(10)11;/h8H,3-7H2,1-2H3;/q-2;+2. The molecule has 0 aliphatic rings. The van der Waals surface area contributed by atoms with E-state index in [1.807, 2.05) is 0 Å². The van der Waals surface area contributed by atoms with Crippen LogP contribution in [0.15, 0.2) is 0 Å². The first-order chi connectivity index (χ1) is 6.13. The molecule has 78 valence electrons. The summed E-state index contributed by atoms with van der Waals surface area (Å²) in [7, 11) is -2.32. The normalized spacial score (nSPS) is 10.1. The zero-order valence-corrected chi connectivity index (χ0v) is 11.2. The SMILES string of the molecule is CC(C)CCCCCOOB([O-])[O-].[Ca+2]. The summed E-state index contributed by atoms with van der Waals surface area (Å²) in [5, 5.41) is 19.6. The maximum absolute atomic E-state index is 9.80. The van der Waals surface area contributed by atoms with Crippen LogP contribution in [0.1, 0.15) is 39.5 Å². The predicted octanol–water partition coefficient (Wildman–Crippen LogP) is -0.524. The molecule has 0 amide bonds. The van der Waals surface area contributed by atoms with Gasteiger partial charge in [0, 0.05) is 0 Å². The van der Waals surface area contributed by atoms with Crippen molar-refractivity contribution in [2.24, 2.45) is 5.92 Å². The zero-order chi connectivity index (χ0) is 10.1. The predicted molar refractivity (Wildman–Crippen MR) is 51.9 cm³/mol. The van der Waals surface area contributed by atoms with Gasteiger partial charge < -0.3 is 14.9 Å². The van der Waals surface area contributed by atoms with Crippen molar-refractivity contribution in [3.05, 3.63) is 0 Å². The van der Waals surface area contributed by atoms with Gasteiger partial charge in [-0.2, -0.15) is 0 Å². The van der Waals surface area contributed by atoms with E-state index in [1.54, 1.807) is 0 Å². The van der Waals surface area contributed by atoms with Crippen LogP contribution in [0.4, 0.5) is 0 Å². The maximum Gasteiger partial charge on any atom is 2.00 e. The fourth-order valence-electron chi connectivity index (χ4n) is 0.994. The van der Waals surface area contributed by atoms with Gasteiger partial charge in [-0.05, 0) is 12.3 Å². The van der Waals surface area contributed by atoms with Crippen LogP contribution >= 0.6 is 0 Å². The molecule has 0 bridgehead atoms. The molecule has 0 atom stereocenters. The molecule has 0 saturated carbocycles. The molecule has 0 radical (unpaired) electrons. The number of unbranched alkanes of at least 4 members (excludes halogenated alkanes) is 2. The van der Waals surface area contributed by atoms with E-state index in [9.17, 15) is 10.0 Å². The molecule has 0 aliphatic carbocycles. The van der Waals surface area contributed by atoms with Crippen molar-refractivity contribution in [1.82, 2.24) is 0 Å². The Kier molecular flexibility index (Phi) is 15.3. The second-order valence-corrected chi connectivity index (χ2v) is 3.45. The molecule has 0 rings (SSSR count). The number of hydrogen-bond acceptors (Lipinski definition) is 4. The molecule has 0 heterocycles. The minimum Gasteiger partial charge on any atom is -0.868 e. The van der Waals surface area contributed by atoms with E-state index in [1.165, 1.54) is 6.42 Å². The third-order valence-corrected chi connectivity index (χ3v) is 1.66. The molecule has 0 N–H and O–H groups in total. The first-order valence-corrected chi connectivity index (χ1v) is 4.73. The molecule has 0 fully saturated rings. The fraction of sp³-hybridized carbons (Fsp3) is 1.00. The van der Waals surface area contributed by atoms with Crippen molar-refractivity contribution < 1.29 is 19.7 Å². The number of rotatable bonds is 8. The van der Waals surface area contributed by atoms with E-state index in [0.717, 1.165) is 25.2 Å². The van der Waals surface area contributed by atoms with Gasteiger partial charge in [-0.3, -0.25) is 4.89 Å². The Morgan fingerprint density at radius 3 is 2.29 bits per heavy atom. The summed E-state index contributed by atoms with van der Waals surface area (Å²) in [6.45, 7) is 4.69. The van der Waals surface area contributed by atoms with Crippen molar-refractivity contribution >= 4 is 45.1 Å². The third-order valence-electron chi connectivity index (χ3n) is 1.66. The van der Waals surface area contributed by atoms with Gasteiger partial charge >= 0.3 is 37.7 Å². The van der Waals surface area contributed by atoms with Gasteiger partial charge in [0.25, 0.3) is 0 Å². The molecule has 0 aromatic rings. The minimum atomic E-state index is -2.32. The molecule has 0 aliphatic heterocycles. The third kappa shape index (κ3) is 15.6. The van der Waals surface area contributed by atoms with Crippen molar-refractivity contribution in [3.8, 4) is 0 Å². The van der Waals surface area contributed by atoms with Gasteiger partial charge in [0.15, 0.2) is 0 Å².